The molecule has 0 saturated carbocycles. The molecule has 1 unspecified atom stereocenters. The second-order valence-corrected chi connectivity index (χ2v) is 4.40. The first kappa shape index (κ1) is 10.1. The van der Waals surface area contributed by atoms with Crippen LogP contribution in [0.1, 0.15) is 28.6 Å². The molecule has 3 rings (SSSR count). The minimum absolute atomic E-state index is 0.0139. The van der Waals surface area contributed by atoms with Gasteiger partial charge in [-0.1, -0.05) is 18.2 Å². The standard InChI is InChI=1S/C14H13NO2/c1-8-7-12(17-9(8)2)13-10-5-3-4-6-11(10)15-14(13)16/h3-7,13H,1-2H3,(H,15,16). The maximum atomic E-state index is 12.0. The molecule has 1 atom stereocenters. The van der Waals surface area contributed by atoms with E-state index < -0.39 is 0 Å². The van der Waals surface area contributed by atoms with Gasteiger partial charge in [0.1, 0.15) is 17.4 Å². The smallest absolute Gasteiger partial charge is 0.239 e. The highest BCUT2D eigenvalue weighted by atomic mass is 16.3. The zero-order valence-electron chi connectivity index (χ0n) is 9.78. The molecule has 0 spiro atoms. The fourth-order valence-electron chi connectivity index (χ4n) is 2.24. The highest BCUT2D eigenvalue weighted by Gasteiger charge is 2.34. The Kier molecular flexibility index (Phi) is 2.08. The van der Waals surface area contributed by atoms with E-state index in [4.69, 9.17) is 4.42 Å². The molecule has 17 heavy (non-hydrogen) atoms. The van der Waals surface area contributed by atoms with Crippen LogP contribution in [0.4, 0.5) is 5.69 Å². The minimum atomic E-state index is -0.307. The highest BCUT2D eigenvalue weighted by Crippen LogP contribution is 2.38. The fraction of sp³-hybridized carbons (Fsp3) is 0.214. The number of carbonyl (C=O) groups is 1. The maximum Gasteiger partial charge on any atom is 0.239 e. The van der Waals surface area contributed by atoms with Crippen LogP contribution in [0.5, 0.6) is 0 Å². The van der Waals surface area contributed by atoms with Gasteiger partial charge in [-0.3, -0.25) is 4.79 Å². The lowest BCUT2D eigenvalue weighted by molar-refractivity contribution is -0.116. The van der Waals surface area contributed by atoms with E-state index in [1.807, 2.05) is 44.2 Å². The van der Waals surface area contributed by atoms with Gasteiger partial charge in [0.25, 0.3) is 0 Å². The Morgan fingerprint density at radius 3 is 2.71 bits per heavy atom. The van der Waals surface area contributed by atoms with E-state index in [9.17, 15) is 4.79 Å². The number of furan rings is 1. The normalized spacial score (nSPS) is 18.0. The third-order valence-electron chi connectivity index (χ3n) is 3.26. The van der Waals surface area contributed by atoms with Gasteiger partial charge in [-0.25, -0.2) is 0 Å². The van der Waals surface area contributed by atoms with E-state index >= 15 is 0 Å². The largest absolute Gasteiger partial charge is 0.465 e. The SMILES string of the molecule is Cc1cc(C2C(=O)Nc3ccccc32)oc1C. The molecule has 1 N–H and O–H groups in total. The Morgan fingerprint density at radius 1 is 1.24 bits per heavy atom. The summed E-state index contributed by atoms with van der Waals surface area (Å²) < 4.78 is 5.66. The molecule has 0 fully saturated rings. The first-order valence-electron chi connectivity index (χ1n) is 5.63. The van der Waals surface area contributed by atoms with Gasteiger partial charge in [0, 0.05) is 5.69 Å². The predicted molar refractivity (Wildman–Crippen MR) is 65.1 cm³/mol. The summed E-state index contributed by atoms with van der Waals surface area (Å²) in [6.45, 7) is 3.90. The summed E-state index contributed by atoms with van der Waals surface area (Å²) in [6, 6.07) is 9.68. The summed E-state index contributed by atoms with van der Waals surface area (Å²) in [4.78, 5) is 12.0. The summed E-state index contributed by atoms with van der Waals surface area (Å²) in [6.07, 6.45) is 0. The van der Waals surface area contributed by atoms with Crippen LogP contribution in [0.15, 0.2) is 34.7 Å². The number of rotatable bonds is 1. The number of aryl methyl sites for hydroxylation is 2. The second-order valence-electron chi connectivity index (χ2n) is 4.40. The maximum absolute atomic E-state index is 12.0. The van der Waals surface area contributed by atoms with E-state index in [1.165, 1.54) is 0 Å². The average Bonchev–Trinajstić information content (AvgIpc) is 2.78. The molecule has 1 amide bonds. The minimum Gasteiger partial charge on any atom is -0.465 e. The molecule has 2 heterocycles. The van der Waals surface area contributed by atoms with Crippen molar-refractivity contribution in [3.05, 3.63) is 53.0 Å². The van der Waals surface area contributed by atoms with E-state index in [0.29, 0.717) is 0 Å². The van der Waals surface area contributed by atoms with Crippen LogP contribution in [0.25, 0.3) is 0 Å². The zero-order valence-corrected chi connectivity index (χ0v) is 9.78. The molecule has 2 aromatic rings. The van der Waals surface area contributed by atoms with E-state index in [0.717, 1.165) is 28.3 Å². The number of hydrogen-bond acceptors (Lipinski definition) is 2. The molecule has 0 saturated heterocycles. The van der Waals surface area contributed by atoms with Crippen molar-refractivity contribution in [3.63, 3.8) is 0 Å². The Labute approximate surface area is 99.4 Å². The fourth-order valence-corrected chi connectivity index (χ4v) is 2.24. The Hall–Kier alpha value is -2.03. The number of para-hydroxylation sites is 1. The average molecular weight is 227 g/mol. The number of fused-ring (bicyclic) bond motifs is 1. The molecule has 1 aromatic carbocycles. The molecule has 3 nitrogen and oxygen atoms in total. The van der Waals surface area contributed by atoms with E-state index in [1.54, 1.807) is 0 Å². The van der Waals surface area contributed by atoms with Crippen molar-refractivity contribution in [1.29, 1.82) is 0 Å². The number of anilines is 1. The third-order valence-corrected chi connectivity index (χ3v) is 3.26. The summed E-state index contributed by atoms with van der Waals surface area (Å²) in [7, 11) is 0. The summed E-state index contributed by atoms with van der Waals surface area (Å²) in [5.74, 6) is 1.28. The van der Waals surface area contributed by atoms with Gasteiger partial charge >= 0.3 is 0 Å². The second kappa shape index (κ2) is 3.48. The van der Waals surface area contributed by atoms with Crippen LogP contribution < -0.4 is 5.32 Å². The van der Waals surface area contributed by atoms with Gasteiger partial charge in [0.2, 0.25) is 5.91 Å². The topological polar surface area (TPSA) is 42.2 Å². The molecule has 1 aromatic heterocycles. The molecule has 1 aliphatic heterocycles. The van der Waals surface area contributed by atoms with Crippen molar-refractivity contribution < 1.29 is 9.21 Å². The van der Waals surface area contributed by atoms with Gasteiger partial charge in [-0.2, -0.15) is 0 Å². The molecule has 86 valence electrons. The van der Waals surface area contributed by atoms with Crippen molar-refractivity contribution in [2.45, 2.75) is 19.8 Å². The number of carbonyl (C=O) groups excluding carboxylic acids is 1. The number of amides is 1. The van der Waals surface area contributed by atoms with Crippen molar-refractivity contribution in [2.75, 3.05) is 5.32 Å². The monoisotopic (exact) mass is 227 g/mol. The van der Waals surface area contributed by atoms with Gasteiger partial charge in [-0.15, -0.1) is 0 Å². The van der Waals surface area contributed by atoms with Crippen LogP contribution in [0, 0.1) is 13.8 Å². The van der Waals surface area contributed by atoms with Crippen molar-refractivity contribution in [2.24, 2.45) is 0 Å². The van der Waals surface area contributed by atoms with E-state index in [2.05, 4.69) is 5.32 Å². The number of benzene rings is 1. The van der Waals surface area contributed by atoms with E-state index in [-0.39, 0.29) is 11.8 Å². The summed E-state index contributed by atoms with van der Waals surface area (Å²) >= 11 is 0. The van der Waals surface area contributed by atoms with Crippen LogP contribution in [-0.2, 0) is 4.79 Å². The lowest BCUT2D eigenvalue weighted by atomic mass is 9.98. The van der Waals surface area contributed by atoms with Crippen molar-refractivity contribution >= 4 is 11.6 Å². The van der Waals surface area contributed by atoms with Crippen molar-refractivity contribution in [3.8, 4) is 0 Å². The van der Waals surface area contributed by atoms with Crippen LogP contribution >= 0.6 is 0 Å². The lowest BCUT2D eigenvalue weighted by Gasteiger charge is -2.04. The van der Waals surface area contributed by atoms with Crippen LogP contribution in [0.2, 0.25) is 0 Å². The molecular weight excluding hydrogens is 214 g/mol. The zero-order chi connectivity index (χ0) is 12.0. The quantitative estimate of drug-likeness (QED) is 0.813. The van der Waals surface area contributed by atoms with Gasteiger partial charge in [0.05, 0.1) is 0 Å². The molecule has 0 bridgehead atoms. The van der Waals surface area contributed by atoms with Gasteiger partial charge in [-0.05, 0) is 37.1 Å². The van der Waals surface area contributed by atoms with Gasteiger partial charge in [0.15, 0.2) is 0 Å². The first-order valence-corrected chi connectivity index (χ1v) is 5.63. The predicted octanol–water partition coefficient (Wildman–Crippen LogP) is 2.98. The third kappa shape index (κ3) is 1.46. The molecule has 3 heteroatoms. The first-order chi connectivity index (χ1) is 8.16. The van der Waals surface area contributed by atoms with Crippen LogP contribution in [-0.4, -0.2) is 5.91 Å². The Morgan fingerprint density at radius 2 is 2.00 bits per heavy atom. The highest BCUT2D eigenvalue weighted by molar-refractivity contribution is 6.04. The van der Waals surface area contributed by atoms with Crippen LogP contribution in [0.3, 0.4) is 0 Å². The van der Waals surface area contributed by atoms with Crippen molar-refractivity contribution in [1.82, 2.24) is 0 Å². The summed E-state index contributed by atoms with van der Waals surface area (Å²) in [5, 5.41) is 2.88. The summed E-state index contributed by atoms with van der Waals surface area (Å²) in [5.41, 5.74) is 2.96. The lowest BCUT2D eigenvalue weighted by Crippen LogP contribution is -2.12. The molecule has 1 aliphatic rings. The number of hydrogen-bond donors (Lipinski definition) is 1. The Balaban J connectivity index is 2.12. The number of nitrogens with one attached hydrogen (secondary N) is 1. The molecule has 0 aliphatic carbocycles. The molecular formula is C14H13NO2. The van der Waals surface area contributed by atoms with Gasteiger partial charge < -0.3 is 9.73 Å². The molecule has 0 radical (unpaired) electrons. The Bertz CT molecular complexity index is 579.